The molecule has 0 saturated carbocycles. The molecule has 0 aromatic carbocycles. The number of nitrogens with two attached hydrogens (primary N) is 1. The van der Waals surface area contributed by atoms with Gasteiger partial charge in [0.05, 0.1) is 64.9 Å². The highest BCUT2D eigenvalue weighted by Gasteiger charge is 2.21. The van der Waals surface area contributed by atoms with Gasteiger partial charge in [0.1, 0.15) is 5.69 Å². The van der Waals surface area contributed by atoms with Crippen LogP contribution in [0.5, 0.6) is 0 Å². The summed E-state index contributed by atoms with van der Waals surface area (Å²) in [6.07, 6.45) is 3.14. The minimum atomic E-state index is -0.339. The maximum absolute atomic E-state index is 12.9. The fraction of sp³-hybridized carbons (Fsp3) is 0.417. The highest BCUT2D eigenvalue weighted by Crippen LogP contribution is 2.37. The van der Waals surface area contributed by atoms with Crippen LogP contribution in [0, 0.1) is 6.92 Å². The van der Waals surface area contributed by atoms with E-state index in [9.17, 15) is 4.79 Å². The predicted molar refractivity (Wildman–Crippen MR) is 152 cm³/mol. The van der Waals surface area contributed by atoms with Crippen molar-refractivity contribution in [2.45, 2.75) is 33.7 Å². The zero-order chi connectivity index (χ0) is 25.5. The number of amides is 1. The second-order valence-corrected chi connectivity index (χ2v) is 9.02. The molecule has 188 valence electrons. The van der Waals surface area contributed by atoms with E-state index in [1.807, 2.05) is 40.0 Å². The van der Waals surface area contributed by atoms with Crippen molar-refractivity contribution in [1.29, 1.82) is 0 Å². The number of allylic oxidation sites excluding steroid dienone is 1. The number of rotatable bonds is 8. The van der Waals surface area contributed by atoms with Crippen LogP contribution >= 0.6 is 22.9 Å². The van der Waals surface area contributed by atoms with E-state index >= 15 is 0 Å². The van der Waals surface area contributed by atoms with Gasteiger partial charge in [-0.15, -0.1) is 0 Å². The second kappa shape index (κ2) is 12.2. The molecule has 3 heterocycles. The Morgan fingerprint density at radius 2 is 2.03 bits per heavy atom. The highest BCUT2D eigenvalue weighted by molar-refractivity contribution is 14.1. The van der Waals surface area contributed by atoms with Gasteiger partial charge >= 0.3 is 0 Å². The Morgan fingerprint density at radius 3 is 2.63 bits per heavy atom. The molecule has 10 nitrogen and oxygen atoms in total. The van der Waals surface area contributed by atoms with Gasteiger partial charge < -0.3 is 29.5 Å². The van der Waals surface area contributed by atoms with Crippen molar-refractivity contribution < 1.29 is 9.53 Å². The molecule has 1 aliphatic rings. The van der Waals surface area contributed by atoms with Crippen LogP contribution in [-0.4, -0.2) is 61.5 Å². The standard InChI is InChI=1S/C24H33IN8O2/c1-14(2)28-13-19(15(3)26)24(34)30-17-10-18(16(4)29-12-17)20-11-21(27-5)22(32-25)23(31-20)33-6-8-35-9-7-33/h10-14,32H,6-9,26H2,1-5H3,(H,27,31)(H,30,34). The number of anilines is 4. The predicted octanol–water partition coefficient (Wildman–Crippen LogP) is 3.74. The minimum absolute atomic E-state index is 0.0536. The lowest BCUT2D eigenvalue weighted by molar-refractivity contribution is -0.112. The monoisotopic (exact) mass is 592 g/mol. The largest absolute Gasteiger partial charge is 0.402 e. The van der Waals surface area contributed by atoms with Crippen LogP contribution in [0.3, 0.4) is 0 Å². The molecule has 0 radical (unpaired) electrons. The normalized spacial score (nSPS) is 14.8. The number of halogens is 1. The maximum atomic E-state index is 12.9. The van der Waals surface area contributed by atoms with E-state index in [2.05, 4.69) is 51.9 Å². The molecule has 0 spiro atoms. The molecule has 0 atom stereocenters. The van der Waals surface area contributed by atoms with E-state index in [-0.39, 0.29) is 11.9 Å². The van der Waals surface area contributed by atoms with E-state index in [0.29, 0.717) is 30.2 Å². The lowest BCUT2D eigenvalue weighted by Gasteiger charge is -2.30. The van der Waals surface area contributed by atoms with Crippen molar-refractivity contribution in [3.05, 3.63) is 35.3 Å². The van der Waals surface area contributed by atoms with Gasteiger partial charge in [-0.2, -0.15) is 0 Å². The zero-order valence-electron chi connectivity index (χ0n) is 20.8. The summed E-state index contributed by atoms with van der Waals surface area (Å²) in [7, 11) is 1.88. The number of nitrogens with zero attached hydrogens (tertiary/aromatic N) is 4. The van der Waals surface area contributed by atoms with Crippen molar-refractivity contribution in [3.63, 3.8) is 0 Å². The first kappa shape index (κ1) is 26.7. The van der Waals surface area contributed by atoms with E-state index in [1.165, 1.54) is 6.21 Å². The SMILES string of the molecule is CNc1cc(-c2cc(NC(=O)C(C=NC(C)C)=C(C)N)cnc2C)nc(N2CCOCC2)c1NI. The molecule has 1 fully saturated rings. The topological polar surface area (TPSA) is 130 Å². The van der Waals surface area contributed by atoms with Crippen LogP contribution < -0.4 is 24.8 Å². The van der Waals surface area contributed by atoms with Gasteiger partial charge in [0.25, 0.3) is 5.91 Å². The number of morpholine rings is 1. The third-order valence-electron chi connectivity index (χ3n) is 5.47. The Balaban J connectivity index is 2.00. The van der Waals surface area contributed by atoms with Crippen LogP contribution in [0.2, 0.25) is 0 Å². The number of nitrogens with one attached hydrogen (secondary N) is 3. The molecule has 2 aromatic heterocycles. The average molecular weight is 592 g/mol. The number of carbonyl (C=O) groups is 1. The number of aliphatic imine (C=N–C) groups is 1. The molecule has 3 rings (SSSR count). The Bertz CT molecular complexity index is 1120. The molecule has 1 aliphatic heterocycles. The summed E-state index contributed by atoms with van der Waals surface area (Å²) < 4.78 is 8.77. The van der Waals surface area contributed by atoms with E-state index in [1.54, 1.807) is 13.1 Å². The molecule has 1 saturated heterocycles. The van der Waals surface area contributed by atoms with Crippen molar-refractivity contribution in [2.75, 3.05) is 52.4 Å². The van der Waals surface area contributed by atoms with Crippen LogP contribution in [0.15, 0.2) is 34.6 Å². The van der Waals surface area contributed by atoms with Gasteiger partial charge in [0.2, 0.25) is 0 Å². The summed E-state index contributed by atoms with van der Waals surface area (Å²) in [5.41, 5.74) is 11.4. The number of carbonyl (C=O) groups excluding carboxylic acids is 1. The smallest absolute Gasteiger partial charge is 0.258 e. The van der Waals surface area contributed by atoms with Crippen LogP contribution in [0.4, 0.5) is 22.9 Å². The first-order valence-corrected chi connectivity index (χ1v) is 12.5. The average Bonchev–Trinajstić information content (AvgIpc) is 2.84. The van der Waals surface area contributed by atoms with Gasteiger partial charge in [-0.3, -0.25) is 14.8 Å². The third kappa shape index (κ3) is 6.60. The molecule has 0 aliphatic carbocycles. The fourth-order valence-electron chi connectivity index (χ4n) is 3.59. The number of aryl methyl sites for hydroxylation is 1. The molecular formula is C24H33IN8O2. The molecule has 2 aromatic rings. The number of aromatic nitrogens is 2. The highest BCUT2D eigenvalue weighted by atomic mass is 127. The number of pyridine rings is 2. The van der Waals surface area contributed by atoms with Gasteiger partial charge in [-0.05, 0) is 39.8 Å². The summed E-state index contributed by atoms with van der Waals surface area (Å²) in [5, 5.41) is 6.16. The third-order valence-corrected chi connectivity index (χ3v) is 6.01. The molecule has 35 heavy (non-hydrogen) atoms. The van der Waals surface area contributed by atoms with E-state index < -0.39 is 0 Å². The lowest BCUT2D eigenvalue weighted by Crippen LogP contribution is -2.37. The molecule has 5 N–H and O–H groups in total. The van der Waals surface area contributed by atoms with Crippen molar-refractivity contribution in [1.82, 2.24) is 9.97 Å². The summed E-state index contributed by atoms with van der Waals surface area (Å²) in [6.45, 7) is 10.3. The first-order chi connectivity index (χ1) is 16.7. The van der Waals surface area contributed by atoms with Gasteiger partial charge in [-0.1, -0.05) is 0 Å². The molecule has 1 amide bonds. The van der Waals surface area contributed by atoms with Crippen molar-refractivity contribution in [3.8, 4) is 11.3 Å². The van der Waals surface area contributed by atoms with E-state index in [0.717, 1.165) is 47.2 Å². The molecule has 0 unspecified atom stereocenters. The van der Waals surface area contributed by atoms with Gasteiger partial charge in [0.15, 0.2) is 5.82 Å². The zero-order valence-corrected chi connectivity index (χ0v) is 22.9. The summed E-state index contributed by atoms with van der Waals surface area (Å²) in [5.74, 6) is 0.501. The lowest BCUT2D eigenvalue weighted by atomic mass is 10.1. The maximum Gasteiger partial charge on any atom is 0.258 e. The van der Waals surface area contributed by atoms with Crippen LogP contribution in [0.1, 0.15) is 26.5 Å². The van der Waals surface area contributed by atoms with Crippen LogP contribution in [-0.2, 0) is 9.53 Å². The van der Waals surface area contributed by atoms with Gasteiger partial charge in [-0.25, -0.2) is 4.98 Å². The summed E-state index contributed by atoms with van der Waals surface area (Å²) in [6, 6.07) is 3.91. The Labute approximate surface area is 220 Å². The molecular weight excluding hydrogens is 559 g/mol. The Hall–Kier alpha value is -2.93. The summed E-state index contributed by atoms with van der Waals surface area (Å²) in [4.78, 5) is 29.0. The van der Waals surface area contributed by atoms with Crippen molar-refractivity contribution >= 4 is 57.9 Å². The molecule has 0 bridgehead atoms. The quantitative estimate of drug-likeness (QED) is 0.158. The number of hydrogen-bond donors (Lipinski definition) is 4. The van der Waals surface area contributed by atoms with Gasteiger partial charge in [0, 0.05) is 49.3 Å². The Morgan fingerprint density at radius 1 is 1.31 bits per heavy atom. The van der Waals surface area contributed by atoms with E-state index in [4.69, 9.17) is 15.5 Å². The summed E-state index contributed by atoms with van der Waals surface area (Å²) >= 11 is 2.12. The van der Waals surface area contributed by atoms with Crippen LogP contribution in [0.25, 0.3) is 11.3 Å². The number of hydrogen-bond acceptors (Lipinski definition) is 9. The first-order valence-electron chi connectivity index (χ1n) is 11.4. The fourth-order valence-corrected chi connectivity index (χ4v) is 4.12. The minimum Gasteiger partial charge on any atom is -0.402 e. The number of ether oxygens (including phenoxy) is 1. The Kier molecular flexibility index (Phi) is 9.26. The van der Waals surface area contributed by atoms with Crippen molar-refractivity contribution in [2.24, 2.45) is 10.7 Å². The second-order valence-electron chi connectivity index (χ2n) is 8.48. The molecule has 11 heteroatoms.